The van der Waals surface area contributed by atoms with Crippen molar-refractivity contribution < 1.29 is 4.79 Å². The first-order chi connectivity index (χ1) is 14.1. The minimum absolute atomic E-state index is 0.0165. The third-order valence-corrected chi connectivity index (χ3v) is 6.76. The predicted octanol–water partition coefficient (Wildman–Crippen LogP) is 4.12. The Morgan fingerprint density at radius 3 is 2.41 bits per heavy atom. The fraction of sp³-hybridized carbons (Fsp3) is 0.440. The lowest BCUT2D eigenvalue weighted by atomic mass is 9.85. The van der Waals surface area contributed by atoms with Crippen molar-refractivity contribution in [1.29, 1.82) is 0 Å². The molecule has 1 N–H and O–H groups in total. The summed E-state index contributed by atoms with van der Waals surface area (Å²) in [5.74, 6) is 0.823. The number of carbonyl (C=O) groups excluding carboxylic acids is 1. The highest BCUT2D eigenvalue weighted by Crippen LogP contribution is 2.36. The van der Waals surface area contributed by atoms with E-state index in [1.54, 1.807) is 6.20 Å². The van der Waals surface area contributed by atoms with Gasteiger partial charge >= 0.3 is 0 Å². The Hall–Kier alpha value is -2.62. The second-order valence-corrected chi connectivity index (χ2v) is 8.43. The van der Waals surface area contributed by atoms with Gasteiger partial charge in [0.1, 0.15) is 6.04 Å². The molecule has 0 bridgehead atoms. The number of amides is 1. The average Bonchev–Trinajstić information content (AvgIpc) is 3.18. The van der Waals surface area contributed by atoms with Crippen LogP contribution in [-0.4, -0.2) is 27.9 Å². The molecular formula is C25H31N3O. The Kier molecular flexibility index (Phi) is 5.70. The molecule has 4 heteroatoms. The third-order valence-electron chi connectivity index (χ3n) is 6.76. The van der Waals surface area contributed by atoms with E-state index in [-0.39, 0.29) is 18.0 Å². The fourth-order valence-corrected chi connectivity index (χ4v) is 5.13. The maximum atomic E-state index is 13.3. The number of carbonyl (C=O) groups is 1. The van der Waals surface area contributed by atoms with Gasteiger partial charge in [0.15, 0.2) is 0 Å². The van der Waals surface area contributed by atoms with Gasteiger partial charge in [-0.25, -0.2) is 0 Å². The molecule has 1 aliphatic heterocycles. The highest BCUT2D eigenvalue weighted by atomic mass is 16.2. The van der Waals surface area contributed by atoms with Crippen LogP contribution in [0.2, 0.25) is 0 Å². The summed E-state index contributed by atoms with van der Waals surface area (Å²) in [6.45, 7) is 9.53. The van der Waals surface area contributed by atoms with Gasteiger partial charge in [0, 0.05) is 24.6 Å². The number of fused-ring (bicyclic) bond motifs is 1. The van der Waals surface area contributed by atoms with E-state index in [0.717, 1.165) is 36.9 Å². The van der Waals surface area contributed by atoms with Crippen LogP contribution in [0.3, 0.4) is 0 Å². The smallest absolute Gasteiger partial charge is 0.243 e. The molecule has 1 aromatic heterocycles. The van der Waals surface area contributed by atoms with Crippen molar-refractivity contribution in [2.24, 2.45) is 11.8 Å². The van der Waals surface area contributed by atoms with Crippen LogP contribution in [0.5, 0.6) is 0 Å². The summed E-state index contributed by atoms with van der Waals surface area (Å²) in [7, 11) is 0. The Bertz CT molecular complexity index is 850. The zero-order valence-corrected chi connectivity index (χ0v) is 17.5. The van der Waals surface area contributed by atoms with Crippen LogP contribution in [0.25, 0.3) is 0 Å². The number of piperazine rings is 1. The molecule has 0 spiro atoms. The van der Waals surface area contributed by atoms with Gasteiger partial charge in [-0.15, -0.1) is 0 Å². The van der Waals surface area contributed by atoms with Gasteiger partial charge in [-0.3, -0.25) is 9.78 Å². The molecule has 29 heavy (non-hydrogen) atoms. The molecule has 4 nitrogen and oxygen atoms in total. The topological polar surface area (TPSA) is 45.2 Å². The van der Waals surface area contributed by atoms with Gasteiger partial charge in [-0.05, 0) is 47.4 Å². The van der Waals surface area contributed by atoms with Gasteiger partial charge in [0.25, 0.3) is 0 Å². The summed E-state index contributed by atoms with van der Waals surface area (Å²) < 4.78 is 0. The van der Waals surface area contributed by atoms with Crippen LogP contribution in [-0.2, 0) is 24.2 Å². The molecule has 0 saturated carbocycles. The number of nitrogens with zero attached hydrogens (tertiary/aromatic N) is 2. The molecule has 2 aliphatic rings. The lowest BCUT2D eigenvalue weighted by Gasteiger charge is -2.47. The number of hydrogen-bond acceptors (Lipinski definition) is 3. The van der Waals surface area contributed by atoms with Crippen molar-refractivity contribution in [3.8, 4) is 0 Å². The molecule has 2 heterocycles. The normalized spacial score (nSPS) is 22.1. The first-order valence-electron chi connectivity index (χ1n) is 10.8. The molecule has 0 unspecified atom stereocenters. The summed E-state index contributed by atoms with van der Waals surface area (Å²) in [5.41, 5.74) is 4.97. The highest BCUT2D eigenvalue weighted by Gasteiger charge is 2.43. The van der Waals surface area contributed by atoms with Crippen molar-refractivity contribution in [2.75, 3.05) is 0 Å². The Balaban J connectivity index is 1.62. The quantitative estimate of drug-likeness (QED) is 0.808. The van der Waals surface area contributed by atoms with Gasteiger partial charge in [0.2, 0.25) is 5.91 Å². The molecular weight excluding hydrogens is 358 g/mol. The minimum Gasteiger partial charge on any atom is -0.357 e. The van der Waals surface area contributed by atoms with Crippen LogP contribution in [0.15, 0.2) is 61.1 Å². The monoisotopic (exact) mass is 389 g/mol. The largest absolute Gasteiger partial charge is 0.357 e. The third kappa shape index (κ3) is 3.81. The lowest BCUT2D eigenvalue weighted by molar-refractivity contribution is -0.132. The summed E-state index contributed by atoms with van der Waals surface area (Å²) in [5, 5.41) is 3.36. The van der Waals surface area contributed by atoms with Gasteiger partial charge < -0.3 is 10.2 Å². The maximum Gasteiger partial charge on any atom is 0.243 e. The van der Waals surface area contributed by atoms with E-state index < -0.39 is 0 Å². The molecule has 1 aromatic carbocycles. The minimum atomic E-state index is -0.169. The summed E-state index contributed by atoms with van der Waals surface area (Å²) >= 11 is 0. The Morgan fingerprint density at radius 1 is 1.14 bits per heavy atom. The van der Waals surface area contributed by atoms with E-state index in [4.69, 9.17) is 0 Å². The van der Waals surface area contributed by atoms with E-state index in [1.165, 1.54) is 11.1 Å². The second-order valence-electron chi connectivity index (χ2n) is 8.43. The molecule has 4 rings (SSSR count). The van der Waals surface area contributed by atoms with Crippen molar-refractivity contribution in [3.05, 3.63) is 77.8 Å². The Morgan fingerprint density at radius 2 is 1.83 bits per heavy atom. The number of pyridine rings is 1. The Labute approximate surface area is 174 Å². The predicted molar refractivity (Wildman–Crippen MR) is 116 cm³/mol. The van der Waals surface area contributed by atoms with Crippen molar-refractivity contribution in [1.82, 2.24) is 15.2 Å². The van der Waals surface area contributed by atoms with Crippen LogP contribution in [0.1, 0.15) is 43.4 Å². The fourth-order valence-electron chi connectivity index (χ4n) is 5.13. The number of benzene rings is 1. The summed E-state index contributed by atoms with van der Waals surface area (Å²) in [4.78, 5) is 19.9. The standard InChI is InChI=1S/C25H31N3O/c1-4-19(5-2)24-25(29)27-23(22-13-20-10-6-7-11-21(20)14-22)17(3)28(24)16-18-9-8-12-26-15-18/h6-12,15,19,22-24H,3-5,13-14,16H2,1-2H3,(H,27,29)/t23-,24+/m0/s1. The van der Waals surface area contributed by atoms with Gasteiger partial charge in [0.05, 0.1) is 6.04 Å². The van der Waals surface area contributed by atoms with E-state index in [1.807, 2.05) is 12.3 Å². The van der Waals surface area contributed by atoms with E-state index in [0.29, 0.717) is 18.4 Å². The first-order valence-corrected chi connectivity index (χ1v) is 10.8. The van der Waals surface area contributed by atoms with E-state index >= 15 is 0 Å². The molecule has 1 fully saturated rings. The van der Waals surface area contributed by atoms with Crippen molar-refractivity contribution >= 4 is 5.91 Å². The van der Waals surface area contributed by atoms with Gasteiger partial charge in [-0.1, -0.05) is 63.6 Å². The first kappa shape index (κ1) is 19.7. The van der Waals surface area contributed by atoms with E-state index in [2.05, 4.69) is 66.0 Å². The zero-order valence-electron chi connectivity index (χ0n) is 17.5. The van der Waals surface area contributed by atoms with E-state index in [9.17, 15) is 4.79 Å². The second kappa shape index (κ2) is 8.40. The molecule has 0 radical (unpaired) electrons. The number of rotatable bonds is 6. The van der Waals surface area contributed by atoms with Crippen LogP contribution >= 0.6 is 0 Å². The maximum absolute atomic E-state index is 13.3. The molecule has 152 valence electrons. The number of hydrogen-bond donors (Lipinski definition) is 1. The molecule has 2 aromatic rings. The van der Waals surface area contributed by atoms with Gasteiger partial charge in [-0.2, -0.15) is 0 Å². The average molecular weight is 390 g/mol. The summed E-state index contributed by atoms with van der Waals surface area (Å²) in [6.07, 6.45) is 7.63. The van der Waals surface area contributed by atoms with Crippen LogP contribution in [0.4, 0.5) is 0 Å². The lowest BCUT2D eigenvalue weighted by Crippen LogP contribution is -2.62. The SMILES string of the molecule is C=C1[C@@H](C2Cc3ccccc3C2)NC(=O)[C@@H](C(CC)CC)N1Cc1cccnc1. The molecule has 1 aliphatic carbocycles. The number of aromatic nitrogens is 1. The summed E-state index contributed by atoms with van der Waals surface area (Å²) in [6, 6.07) is 12.5. The zero-order chi connectivity index (χ0) is 20.4. The van der Waals surface area contributed by atoms with Crippen molar-refractivity contribution in [2.45, 2.75) is 58.2 Å². The molecule has 1 saturated heterocycles. The van der Waals surface area contributed by atoms with Crippen LogP contribution < -0.4 is 5.32 Å². The van der Waals surface area contributed by atoms with Crippen molar-refractivity contribution in [3.63, 3.8) is 0 Å². The highest BCUT2D eigenvalue weighted by molar-refractivity contribution is 5.84. The molecule has 2 atom stereocenters. The number of nitrogens with one attached hydrogen (secondary N) is 1. The molecule has 1 amide bonds. The van der Waals surface area contributed by atoms with Crippen LogP contribution in [0, 0.1) is 11.8 Å².